The maximum absolute atomic E-state index is 12.1. The molecule has 0 spiro atoms. The van der Waals surface area contributed by atoms with Crippen LogP contribution in [0, 0.1) is 0 Å². The topological polar surface area (TPSA) is 43.9 Å². The number of amides is 2. The van der Waals surface area contributed by atoms with Gasteiger partial charge in [-0.05, 0) is 32.4 Å². The lowest BCUT2D eigenvalue weighted by Crippen LogP contribution is -2.48. The summed E-state index contributed by atoms with van der Waals surface area (Å²) in [5.41, 5.74) is 0. The van der Waals surface area contributed by atoms with Crippen LogP contribution in [0.2, 0.25) is 0 Å². The molecule has 0 radical (unpaired) electrons. The van der Waals surface area contributed by atoms with E-state index in [4.69, 9.17) is 0 Å². The average molecular weight is 279 g/mol. The summed E-state index contributed by atoms with van der Waals surface area (Å²) >= 11 is 0. The van der Waals surface area contributed by atoms with E-state index in [0.717, 1.165) is 26.1 Å². The van der Waals surface area contributed by atoms with Gasteiger partial charge in [0.1, 0.15) is 0 Å². The molecule has 2 aliphatic heterocycles. The third kappa shape index (κ3) is 3.82. The maximum atomic E-state index is 12.1. The van der Waals surface area contributed by atoms with E-state index in [1.165, 1.54) is 12.8 Å². The van der Waals surface area contributed by atoms with E-state index in [9.17, 15) is 9.59 Å². The molecule has 0 aromatic heterocycles. The number of likely N-dealkylation sites (tertiary alicyclic amines) is 2. The van der Waals surface area contributed by atoms with Gasteiger partial charge in [-0.1, -0.05) is 6.08 Å². The van der Waals surface area contributed by atoms with E-state index < -0.39 is 0 Å². The fraction of sp³-hybridized carbons (Fsp3) is 0.733. The number of carbonyl (C=O) groups excluding carboxylic acids is 2. The number of carbonyl (C=O) groups is 2. The van der Waals surface area contributed by atoms with E-state index in [-0.39, 0.29) is 17.9 Å². The van der Waals surface area contributed by atoms with Crippen molar-refractivity contribution in [2.24, 2.45) is 0 Å². The Morgan fingerprint density at radius 3 is 2.75 bits per heavy atom. The van der Waals surface area contributed by atoms with Gasteiger partial charge in [0, 0.05) is 45.7 Å². The average Bonchev–Trinajstić information content (AvgIpc) is 2.94. The first-order valence-electron chi connectivity index (χ1n) is 7.47. The van der Waals surface area contributed by atoms with Gasteiger partial charge < -0.3 is 9.80 Å². The summed E-state index contributed by atoms with van der Waals surface area (Å²) < 4.78 is 0. The summed E-state index contributed by atoms with van der Waals surface area (Å²) in [7, 11) is 3.63. The monoisotopic (exact) mass is 279 g/mol. The van der Waals surface area contributed by atoms with Crippen LogP contribution in [0.1, 0.15) is 25.7 Å². The van der Waals surface area contributed by atoms with Crippen LogP contribution in [0.4, 0.5) is 0 Å². The summed E-state index contributed by atoms with van der Waals surface area (Å²) in [6.45, 7) is 3.79. The molecule has 0 bridgehead atoms. The van der Waals surface area contributed by atoms with Gasteiger partial charge in [0.25, 0.3) is 0 Å². The highest BCUT2D eigenvalue weighted by Crippen LogP contribution is 2.15. The first-order chi connectivity index (χ1) is 9.58. The van der Waals surface area contributed by atoms with Crippen LogP contribution in [-0.4, -0.2) is 72.8 Å². The second kappa shape index (κ2) is 6.88. The van der Waals surface area contributed by atoms with Gasteiger partial charge in [0.05, 0.1) is 0 Å². The Balaban J connectivity index is 1.79. The van der Waals surface area contributed by atoms with Gasteiger partial charge >= 0.3 is 0 Å². The van der Waals surface area contributed by atoms with Gasteiger partial charge in [-0.15, -0.1) is 0 Å². The summed E-state index contributed by atoms with van der Waals surface area (Å²) in [5, 5.41) is 0. The van der Waals surface area contributed by atoms with Crippen molar-refractivity contribution in [3.05, 3.63) is 12.2 Å². The number of piperidine rings is 1. The van der Waals surface area contributed by atoms with Crippen molar-refractivity contribution >= 4 is 11.8 Å². The highest BCUT2D eigenvalue weighted by Gasteiger charge is 2.27. The van der Waals surface area contributed by atoms with Crippen LogP contribution in [0.15, 0.2) is 12.2 Å². The zero-order chi connectivity index (χ0) is 14.5. The number of nitrogens with zero attached hydrogens (tertiary/aromatic N) is 3. The zero-order valence-electron chi connectivity index (χ0n) is 12.5. The molecule has 2 amide bonds. The van der Waals surface area contributed by atoms with Crippen molar-refractivity contribution in [1.29, 1.82) is 0 Å². The molecule has 2 heterocycles. The van der Waals surface area contributed by atoms with E-state index in [1.807, 2.05) is 13.1 Å². The molecule has 0 aromatic carbocycles. The van der Waals surface area contributed by atoms with Gasteiger partial charge in [-0.2, -0.15) is 0 Å². The number of hydrogen-bond donors (Lipinski definition) is 0. The molecule has 20 heavy (non-hydrogen) atoms. The number of hydrogen-bond acceptors (Lipinski definition) is 3. The molecule has 2 saturated heterocycles. The van der Waals surface area contributed by atoms with Crippen LogP contribution < -0.4 is 0 Å². The van der Waals surface area contributed by atoms with E-state index in [2.05, 4.69) is 4.90 Å². The van der Waals surface area contributed by atoms with Crippen molar-refractivity contribution in [1.82, 2.24) is 14.7 Å². The minimum absolute atomic E-state index is 0.0388. The molecule has 0 saturated carbocycles. The molecular weight excluding hydrogens is 254 g/mol. The Morgan fingerprint density at radius 2 is 2.10 bits per heavy atom. The zero-order valence-corrected chi connectivity index (χ0v) is 12.5. The lowest BCUT2D eigenvalue weighted by Gasteiger charge is -2.35. The minimum Gasteiger partial charge on any atom is -0.344 e. The second-order valence-corrected chi connectivity index (χ2v) is 5.83. The lowest BCUT2D eigenvalue weighted by molar-refractivity contribution is -0.137. The highest BCUT2D eigenvalue weighted by atomic mass is 16.2. The van der Waals surface area contributed by atoms with E-state index in [1.54, 1.807) is 22.9 Å². The van der Waals surface area contributed by atoms with E-state index in [0.29, 0.717) is 13.0 Å². The summed E-state index contributed by atoms with van der Waals surface area (Å²) in [5.74, 6) is 0.212. The predicted octanol–water partition coefficient (Wildman–Crippen LogP) is 0.718. The fourth-order valence-corrected chi connectivity index (χ4v) is 2.87. The quantitative estimate of drug-likeness (QED) is 0.712. The molecular formula is C15H25N3O2. The van der Waals surface area contributed by atoms with E-state index >= 15 is 0 Å². The van der Waals surface area contributed by atoms with Gasteiger partial charge in [-0.25, -0.2) is 0 Å². The van der Waals surface area contributed by atoms with Crippen LogP contribution >= 0.6 is 0 Å². The number of rotatable bonds is 4. The van der Waals surface area contributed by atoms with Crippen molar-refractivity contribution in [2.45, 2.75) is 31.7 Å². The number of likely N-dealkylation sites (N-methyl/N-ethyl adjacent to an activating group) is 2. The first kappa shape index (κ1) is 15.0. The molecule has 112 valence electrons. The van der Waals surface area contributed by atoms with Crippen molar-refractivity contribution in [3.8, 4) is 0 Å². The molecule has 2 fully saturated rings. The Kier molecular flexibility index (Phi) is 5.17. The van der Waals surface area contributed by atoms with Crippen molar-refractivity contribution in [2.75, 3.05) is 40.3 Å². The van der Waals surface area contributed by atoms with Crippen molar-refractivity contribution < 1.29 is 9.59 Å². The molecule has 5 heteroatoms. The largest absolute Gasteiger partial charge is 0.344 e. The summed E-state index contributed by atoms with van der Waals surface area (Å²) in [6.07, 6.45) is 7.48. The Labute approximate surface area is 121 Å². The minimum atomic E-state index is 0.0388. The van der Waals surface area contributed by atoms with Crippen LogP contribution in [0.3, 0.4) is 0 Å². The van der Waals surface area contributed by atoms with Crippen LogP contribution in [0.25, 0.3) is 0 Å². The first-order valence-corrected chi connectivity index (χ1v) is 7.47. The molecule has 2 rings (SSSR count). The Bertz CT molecular complexity index is 389. The fourth-order valence-electron chi connectivity index (χ4n) is 2.87. The lowest BCUT2D eigenvalue weighted by atomic mass is 10.0. The van der Waals surface area contributed by atoms with Gasteiger partial charge in [0.15, 0.2) is 0 Å². The molecule has 2 aliphatic rings. The Hall–Kier alpha value is -1.36. The third-order valence-electron chi connectivity index (χ3n) is 4.32. The predicted molar refractivity (Wildman–Crippen MR) is 78.2 cm³/mol. The molecule has 0 N–H and O–H groups in total. The van der Waals surface area contributed by atoms with Crippen molar-refractivity contribution in [3.63, 3.8) is 0 Å². The molecule has 0 aromatic rings. The summed E-state index contributed by atoms with van der Waals surface area (Å²) in [4.78, 5) is 29.4. The van der Waals surface area contributed by atoms with Gasteiger partial charge in [-0.3, -0.25) is 14.5 Å². The highest BCUT2D eigenvalue weighted by molar-refractivity contribution is 5.88. The maximum Gasteiger partial charge on any atom is 0.246 e. The molecule has 5 nitrogen and oxygen atoms in total. The third-order valence-corrected chi connectivity index (χ3v) is 4.32. The second-order valence-electron chi connectivity index (χ2n) is 5.83. The molecule has 1 atom stereocenters. The normalized spacial score (nSPS) is 24.6. The molecule has 0 aliphatic carbocycles. The molecule has 1 unspecified atom stereocenters. The smallest absolute Gasteiger partial charge is 0.246 e. The summed E-state index contributed by atoms with van der Waals surface area (Å²) in [6, 6.07) is 0.140. The van der Waals surface area contributed by atoms with Crippen LogP contribution in [-0.2, 0) is 9.59 Å². The van der Waals surface area contributed by atoms with Gasteiger partial charge in [0.2, 0.25) is 11.8 Å². The van der Waals surface area contributed by atoms with Crippen LogP contribution in [0.5, 0.6) is 0 Å². The Morgan fingerprint density at radius 1 is 1.40 bits per heavy atom. The standard InChI is InChI=1S/C15H25N3O2/c1-16-12-13(7-8-14(16)19)17(2)15(20)6-5-11-18-9-3-4-10-18/h5-6,13H,3-4,7-12H2,1-2H3/b6-5+. The SMILES string of the molecule is CN1CC(N(C)C(=O)/C=C/CN2CCCC2)CCC1=O.